The van der Waals surface area contributed by atoms with Crippen LogP contribution < -0.4 is 5.32 Å². The molecule has 0 heterocycles. The Morgan fingerprint density at radius 1 is 1.10 bits per heavy atom. The predicted octanol–water partition coefficient (Wildman–Crippen LogP) is 3.21. The lowest BCUT2D eigenvalue weighted by Gasteiger charge is -2.21. The zero-order chi connectivity index (χ0) is 14.6. The molecular weight excluding hydrogens is 248 g/mol. The first-order valence-electron chi connectivity index (χ1n) is 7.80. The summed E-state index contributed by atoms with van der Waals surface area (Å²) in [6, 6.07) is 10.2. The topological polar surface area (TPSA) is 32.3 Å². The molecule has 0 spiro atoms. The molecule has 1 aromatic rings. The van der Waals surface area contributed by atoms with Crippen molar-refractivity contribution < 1.29 is 4.79 Å². The van der Waals surface area contributed by atoms with Crippen LogP contribution in [0.5, 0.6) is 0 Å². The third kappa shape index (κ3) is 6.71. The standard InChI is InChI=1S/C17H28N2O/c1-3-5-9-13-18-14-12-17(20)19(4-2)15-16-10-7-6-8-11-16/h6-8,10-11,18H,3-5,9,12-15H2,1-2H3. The van der Waals surface area contributed by atoms with Gasteiger partial charge in [-0.15, -0.1) is 0 Å². The van der Waals surface area contributed by atoms with Gasteiger partial charge in [0.25, 0.3) is 0 Å². The molecule has 3 nitrogen and oxygen atoms in total. The van der Waals surface area contributed by atoms with Gasteiger partial charge in [0, 0.05) is 26.1 Å². The summed E-state index contributed by atoms with van der Waals surface area (Å²) in [6.07, 6.45) is 4.29. The van der Waals surface area contributed by atoms with Crippen LogP contribution in [0.3, 0.4) is 0 Å². The number of nitrogens with zero attached hydrogens (tertiary/aromatic N) is 1. The number of rotatable bonds is 10. The van der Waals surface area contributed by atoms with E-state index < -0.39 is 0 Å². The number of carbonyl (C=O) groups excluding carboxylic acids is 1. The van der Waals surface area contributed by atoms with Gasteiger partial charge in [-0.3, -0.25) is 4.79 Å². The van der Waals surface area contributed by atoms with Crippen LogP contribution in [0.2, 0.25) is 0 Å². The maximum atomic E-state index is 12.2. The Balaban J connectivity index is 2.25. The molecule has 0 aliphatic heterocycles. The molecule has 1 N–H and O–H groups in total. The van der Waals surface area contributed by atoms with Gasteiger partial charge in [0.15, 0.2) is 0 Å². The van der Waals surface area contributed by atoms with Gasteiger partial charge in [-0.05, 0) is 25.5 Å². The molecule has 1 rings (SSSR count). The van der Waals surface area contributed by atoms with E-state index in [4.69, 9.17) is 0 Å². The van der Waals surface area contributed by atoms with E-state index in [1.807, 2.05) is 30.0 Å². The largest absolute Gasteiger partial charge is 0.339 e. The Morgan fingerprint density at radius 2 is 1.85 bits per heavy atom. The lowest BCUT2D eigenvalue weighted by atomic mass is 10.2. The highest BCUT2D eigenvalue weighted by Crippen LogP contribution is 2.05. The Morgan fingerprint density at radius 3 is 2.50 bits per heavy atom. The van der Waals surface area contributed by atoms with Crippen LogP contribution in [0.15, 0.2) is 30.3 Å². The monoisotopic (exact) mass is 276 g/mol. The molecular formula is C17H28N2O. The van der Waals surface area contributed by atoms with E-state index in [0.717, 1.165) is 19.6 Å². The molecule has 0 fully saturated rings. The summed E-state index contributed by atoms with van der Waals surface area (Å²) in [6.45, 7) is 7.52. The van der Waals surface area contributed by atoms with Gasteiger partial charge < -0.3 is 10.2 Å². The van der Waals surface area contributed by atoms with Crippen molar-refractivity contribution in [2.45, 2.75) is 46.1 Å². The van der Waals surface area contributed by atoms with Gasteiger partial charge in [0.1, 0.15) is 0 Å². The summed E-state index contributed by atoms with van der Waals surface area (Å²) in [5.41, 5.74) is 1.19. The van der Waals surface area contributed by atoms with Crippen molar-refractivity contribution in [3.63, 3.8) is 0 Å². The van der Waals surface area contributed by atoms with E-state index in [1.54, 1.807) is 0 Å². The molecule has 0 bridgehead atoms. The highest BCUT2D eigenvalue weighted by Gasteiger charge is 2.11. The maximum Gasteiger partial charge on any atom is 0.224 e. The minimum atomic E-state index is 0.236. The first kappa shape index (κ1) is 16.7. The number of hydrogen-bond donors (Lipinski definition) is 1. The molecule has 20 heavy (non-hydrogen) atoms. The smallest absolute Gasteiger partial charge is 0.224 e. The molecule has 0 unspecified atom stereocenters. The van der Waals surface area contributed by atoms with Gasteiger partial charge in [-0.1, -0.05) is 50.1 Å². The fourth-order valence-electron chi connectivity index (χ4n) is 2.16. The molecule has 0 aliphatic rings. The first-order chi connectivity index (χ1) is 9.77. The molecule has 1 amide bonds. The van der Waals surface area contributed by atoms with E-state index >= 15 is 0 Å². The first-order valence-corrected chi connectivity index (χ1v) is 7.80. The zero-order valence-electron chi connectivity index (χ0n) is 12.9. The van der Waals surface area contributed by atoms with Crippen molar-refractivity contribution in [2.75, 3.05) is 19.6 Å². The van der Waals surface area contributed by atoms with Crippen molar-refractivity contribution in [1.29, 1.82) is 0 Å². The average molecular weight is 276 g/mol. The van der Waals surface area contributed by atoms with Gasteiger partial charge in [0.2, 0.25) is 5.91 Å². The SMILES string of the molecule is CCCCCNCCC(=O)N(CC)Cc1ccccc1. The van der Waals surface area contributed by atoms with E-state index in [-0.39, 0.29) is 5.91 Å². The molecule has 112 valence electrons. The van der Waals surface area contributed by atoms with E-state index in [0.29, 0.717) is 13.0 Å². The molecule has 0 aromatic heterocycles. The van der Waals surface area contributed by atoms with Gasteiger partial charge in [-0.2, -0.15) is 0 Å². The Kier molecular flexibility index (Phi) is 8.72. The predicted molar refractivity (Wildman–Crippen MR) is 84.5 cm³/mol. The number of unbranched alkanes of at least 4 members (excludes halogenated alkanes) is 2. The number of benzene rings is 1. The van der Waals surface area contributed by atoms with Crippen molar-refractivity contribution in [1.82, 2.24) is 10.2 Å². The van der Waals surface area contributed by atoms with Crippen LogP contribution in [0.1, 0.15) is 45.1 Å². The fraction of sp³-hybridized carbons (Fsp3) is 0.588. The summed E-state index contributed by atoms with van der Waals surface area (Å²) in [4.78, 5) is 14.1. The minimum Gasteiger partial charge on any atom is -0.339 e. The third-order valence-corrected chi connectivity index (χ3v) is 3.42. The second kappa shape index (κ2) is 10.4. The fourth-order valence-corrected chi connectivity index (χ4v) is 2.16. The zero-order valence-corrected chi connectivity index (χ0v) is 12.9. The van der Waals surface area contributed by atoms with Crippen LogP contribution in [0, 0.1) is 0 Å². The highest BCUT2D eigenvalue weighted by molar-refractivity contribution is 5.76. The van der Waals surface area contributed by atoms with Crippen LogP contribution in [0.25, 0.3) is 0 Å². The van der Waals surface area contributed by atoms with Crippen molar-refractivity contribution in [2.24, 2.45) is 0 Å². The molecule has 0 saturated carbocycles. The summed E-state index contributed by atoms with van der Waals surface area (Å²) >= 11 is 0. The highest BCUT2D eigenvalue weighted by atomic mass is 16.2. The quantitative estimate of drug-likeness (QED) is 0.666. The number of carbonyl (C=O) groups is 1. The lowest BCUT2D eigenvalue weighted by Crippen LogP contribution is -2.32. The molecule has 0 atom stereocenters. The van der Waals surface area contributed by atoms with Gasteiger partial charge in [-0.25, -0.2) is 0 Å². The maximum absolute atomic E-state index is 12.2. The third-order valence-electron chi connectivity index (χ3n) is 3.42. The normalized spacial score (nSPS) is 10.5. The van der Waals surface area contributed by atoms with Gasteiger partial charge >= 0.3 is 0 Å². The van der Waals surface area contributed by atoms with Crippen LogP contribution in [-0.2, 0) is 11.3 Å². The minimum absolute atomic E-state index is 0.236. The van der Waals surface area contributed by atoms with Crippen LogP contribution >= 0.6 is 0 Å². The summed E-state index contributed by atoms with van der Waals surface area (Å²) in [5, 5.41) is 3.35. The van der Waals surface area contributed by atoms with E-state index in [2.05, 4.69) is 24.4 Å². The van der Waals surface area contributed by atoms with E-state index in [9.17, 15) is 4.79 Å². The van der Waals surface area contributed by atoms with Crippen molar-refractivity contribution >= 4 is 5.91 Å². The van der Waals surface area contributed by atoms with Crippen molar-refractivity contribution in [3.05, 3.63) is 35.9 Å². The van der Waals surface area contributed by atoms with Crippen LogP contribution in [0.4, 0.5) is 0 Å². The molecule has 0 saturated heterocycles. The van der Waals surface area contributed by atoms with E-state index in [1.165, 1.54) is 24.8 Å². The Hall–Kier alpha value is -1.35. The molecule has 1 aromatic carbocycles. The number of amides is 1. The second-order valence-corrected chi connectivity index (χ2v) is 5.10. The lowest BCUT2D eigenvalue weighted by molar-refractivity contribution is -0.131. The Labute approximate surface area is 123 Å². The van der Waals surface area contributed by atoms with Crippen molar-refractivity contribution in [3.8, 4) is 0 Å². The summed E-state index contributed by atoms with van der Waals surface area (Å²) in [5.74, 6) is 0.236. The number of nitrogens with one attached hydrogen (secondary N) is 1. The van der Waals surface area contributed by atoms with Gasteiger partial charge in [0.05, 0.1) is 0 Å². The second-order valence-electron chi connectivity index (χ2n) is 5.10. The average Bonchev–Trinajstić information content (AvgIpc) is 2.49. The molecule has 3 heteroatoms. The van der Waals surface area contributed by atoms with Crippen LogP contribution in [-0.4, -0.2) is 30.4 Å². The molecule has 0 aliphatic carbocycles. The number of hydrogen-bond acceptors (Lipinski definition) is 2. The Bertz CT molecular complexity index is 365. The molecule has 0 radical (unpaired) electrons. The summed E-state index contributed by atoms with van der Waals surface area (Å²) < 4.78 is 0. The summed E-state index contributed by atoms with van der Waals surface area (Å²) in [7, 11) is 0.